The smallest absolute Gasteiger partial charge is 0.143 e. The fourth-order valence-corrected chi connectivity index (χ4v) is 1.63. The molecule has 2 nitrogen and oxygen atoms in total. The van der Waals surface area contributed by atoms with E-state index in [1.807, 2.05) is 0 Å². The molecular weight excluding hydrogens is 222 g/mol. The van der Waals surface area contributed by atoms with Gasteiger partial charge in [-0.2, -0.15) is 5.26 Å². The van der Waals surface area contributed by atoms with Gasteiger partial charge in [-0.25, -0.2) is 8.78 Å². The molecule has 0 bridgehead atoms. The predicted octanol–water partition coefficient (Wildman–Crippen LogP) is 3.09. The highest BCUT2D eigenvalue weighted by molar-refractivity contribution is 5.74. The van der Waals surface area contributed by atoms with Crippen LogP contribution >= 0.6 is 0 Å². The fourth-order valence-electron chi connectivity index (χ4n) is 1.63. The zero-order valence-electron chi connectivity index (χ0n) is 8.74. The Balaban J connectivity index is 2.76. The minimum absolute atomic E-state index is 0.153. The first-order chi connectivity index (χ1) is 8.13. The van der Waals surface area contributed by atoms with Crippen molar-refractivity contribution in [1.82, 2.24) is 0 Å². The molecule has 2 rings (SSSR count). The van der Waals surface area contributed by atoms with Crippen molar-refractivity contribution in [2.75, 3.05) is 5.73 Å². The Morgan fingerprint density at radius 1 is 1.00 bits per heavy atom. The van der Waals surface area contributed by atoms with Crippen LogP contribution in [0.3, 0.4) is 0 Å². The molecule has 2 aromatic rings. The highest BCUT2D eigenvalue weighted by Crippen LogP contribution is 2.29. The lowest BCUT2D eigenvalue weighted by atomic mass is 9.99. The molecule has 0 saturated carbocycles. The van der Waals surface area contributed by atoms with Gasteiger partial charge < -0.3 is 5.73 Å². The van der Waals surface area contributed by atoms with Crippen LogP contribution < -0.4 is 5.73 Å². The monoisotopic (exact) mass is 230 g/mol. The topological polar surface area (TPSA) is 49.8 Å². The van der Waals surface area contributed by atoms with Gasteiger partial charge in [-0.05, 0) is 18.2 Å². The molecule has 2 aromatic carbocycles. The van der Waals surface area contributed by atoms with Crippen molar-refractivity contribution in [2.24, 2.45) is 0 Å². The van der Waals surface area contributed by atoms with E-state index in [1.165, 1.54) is 24.3 Å². The number of nitriles is 1. The average Bonchev–Trinajstić information content (AvgIpc) is 2.28. The van der Waals surface area contributed by atoms with Gasteiger partial charge in [0, 0.05) is 16.8 Å². The third kappa shape index (κ3) is 1.95. The van der Waals surface area contributed by atoms with E-state index in [4.69, 9.17) is 11.0 Å². The quantitative estimate of drug-likeness (QED) is 0.765. The van der Waals surface area contributed by atoms with Crippen LogP contribution in [0.1, 0.15) is 5.56 Å². The maximum absolute atomic E-state index is 13.6. The molecular formula is C13H8F2N2. The minimum atomic E-state index is -0.745. The van der Waals surface area contributed by atoms with Gasteiger partial charge in [0.05, 0.1) is 5.56 Å². The van der Waals surface area contributed by atoms with Crippen LogP contribution in [0, 0.1) is 23.0 Å². The number of anilines is 1. The predicted molar refractivity (Wildman–Crippen MR) is 60.9 cm³/mol. The maximum Gasteiger partial charge on any atom is 0.143 e. The van der Waals surface area contributed by atoms with Gasteiger partial charge in [-0.3, -0.25) is 0 Å². The highest BCUT2D eigenvalue weighted by atomic mass is 19.1. The molecule has 0 aliphatic carbocycles. The van der Waals surface area contributed by atoms with Gasteiger partial charge in [0.2, 0.25) is 0 Å². The maximum atomic E-state index is 13.6. The molecule has 0 heterocycles. The third-order valence-corrected chi connectivity index (χ3v) is 2.39. The summed E-state index contributed by atoms with van der Waals surface area (Å²) in [6.45, 7) is 0. The number of benzene rings is 2. The van der Waals surface area contributed by atoms with Gasteiger partial charge in [-0.15, -0.1) is 0 Å². The summed E-state index contributed by atoms with van der Waals surface area (Å²) in [5.74, 6) is -1.26. The van der Waals surface area contributed by atoms with E-state index in [0.717, 1.165) is 6.07 Å². The molecule has 4 heteroatoms. The second-order valence-electron chi connectivity index (χ2n) is 3.52. The Kier molecular flexibility index (Phi) is 2.75. The first-order valence-corrected chi connectivity index (χ1v) is 4.87. The van der Waals surface area contributed by atoms with Crippen LogP contribution in [0.25, 0.3) is 11.1 Å². The lowest BCUT2D eigenvalue weighted by molar-refractivity contribution is 0.622. The molecule has 0 aromatic heterocycles. The van der Waals surface area contributed by atoms with E-state index in [2.05, 4.69) is 0 Å². The summed E-state index contributed by atoms with van der Waals surface area (Å²) < 4.78 is 27.1. The van der Waals surface area contributed by atoms with Crippen molar-refractivity contribution in [3.8, 4) is 17.2 Å². The average molecular weight is 230 g/mol. The Morgan fingerprint density at radius 3 is 2.35 bits per heavy atom. The molecule has 17 heavy (non-hydrogen) atoms. The number of hydrogen-bond donors (Lipinski definition) is 1. The van der Waals surface area contributed by atoms with E-state index >= 15 is 0 Å². The summed E-state index contributed by atoms with van der Waals surface area (Å²) in [4.78, 5) is 0. The third-order valence-electron chi connectivity index (χ3n) is 2.39. The van der Waals surface area contributed by atoms with E-state index < -0.39 is 11.6 Å². The standard InChI is InChI=1S/C13H8F2N2/c14-12-4-2-1-3-9(12)10-5-8(17)6-13(15)11(10)7-16/h1-6H,17H2. The van der Waals surface area contributed by atoms with Crippen molar-refractivity contribution in [3.63, 3.8) is 0 Å². The van der Waals surface area contributed by atoms with Gasteiger partial charge in [0.15, 0.2) is 0 Å². The van der Waals surface area contributed by atoms with Gasteiger partial charge >= 0.3 is 0 Å². The number of halogens is 2. The largest absolute Gasteiger partial charge is 0.399 e. The molecule has 2 N–H and O–H groups in total. The van der Waals surface area contributed by atoms with Crippen LogP contribution in [0.4, 0.5) is 14.5 Å². The molecule has 0 aliphatic heterocycles. The first-order valence-electron chi connectivity index (χ1n) is 4.87. The van der Waals surface area contributed by atoms with Crippen molar-refractivity contribution in [1.29, 1.82) is 5.26 Å². The van der Waals surface area contributed by atoms with Gasteiger partial charge in [0.1, 0.15) is 17.7 Å². The van der Waals surface area contributed by atoms with E-state index in [-0.39, 0.29) is 22.4 Å². The SMILES string of the molecule is N#Cc1c(F)cc(N)cc1-c1ccccc1F. The zero-order chi connectivity index (χ0) is 12.4. The summed E-state index contributed by atoms with van der Waals surface area (Å²) in [5, 5.41) is 8.89. The van der Waals surface area contributed by atoms with E-state index in [0.29, 0.717) is 0 Å². The summed E-state index contributed by atoms with van der Waals surface area (Å²) in [7, 11) is 0. The normalized spacial score (nSPS) is 9.94. The number of hydrogen-bond acceptors (Lipinski definition) is 2. The summed E-state index contributed by atoms with van der Waals surface area (Å²) in [6.07, 6.45) is 0. The van der Waals surface area contributed by atoms with Crippen LogP contribution in [-0.4, -0.2) is 0 Å². The molecule has 0 spiro atoms. The Labute approximate surface area is 96.9 Å². The highest BCUT2D eigenvalue weighted by Gasteiger charge is 2.14. The van der Waals surface area contributed by atoms with Gasteiger partial charge in [0.25, 0.3) is 0 Å². The molecule has 0 amide bonds. The fraction of sp³-hybridized carbons (Fsp3) is 0. The molecule has 0 unspecified atom stereocenters. The lowest BCUT2D eigenvalue weighted by Gasteiger charge is -2.07. The van der Waals surface area contributed by atoms with Crippen LogP contribution in [0.15, 0.2) is 36.4 Å². The second kappa shape index (κ2) is 4.22. The van der Waals surface area contributed by atoms with Crippen molar-refractivity contribution < 1.29 is 8.78 Å². The molecule has 0 aliphatic rings. The molecule has 0 radical (unpaired) electrons. The molecule has 0 atom stereocenters. The van der Waals surface area contributed by atoms with Crippen molar-refractivity contribution >= 4 is 5.69 Å². The molecule has 0 saturated heterocycles. The van der Waals surface area contributed by atoms with Crippen LogP contribution in [0.2, 0.25) is 0 Å². The Morgan fingerprint density at radius 2 is 1.71 bits per heavy atom. The zero-order valence-corrected chi connectivity index (χ0v) is 8.74. The first kappa shape index (κ1) is 11.1. The number of nitrogen functional groups attached to an aromatic ring is 1. The van der Waals surface area contributed by atoms with Crippen LogP contribution in [0.5, 0.6) is 0 Å². The van der Waals surface area contributed by atoms with Gasteiger partial charge in [-0.1, -0.05) is 18.2 Å². The van der Waals surface area contributed by atoms with E-state index in [1.54, 1.807) is 12.1 Å². The van der Waals surface area contributed by atoms with Crippen molar-refractivity contribution in [3.05, 3.63) is 53.6 Å². The minimum Gasteiger partial charge on any atom is -0.399 e. The number of nitrogens with zero attached hydrogens (tertiary/aromatic N) is 1. The molecule has 84 valence electrons. The van der Waals surface area contributed by atoms with Crippen LogP contribution in [-0.2, 0) is 0 Å². The summed E-state index contributed by atoms with van der Waals surface area (Å²) in [5.41, 5.74) is 5.78. The summed E-state index contributed by atoms with van der Waals surface area (Å²) in [6, 6.07) is 10.0. The Hall–Kier alpha value is -2.41. The molecule has 0 fully saturated rings. The van der Waals surface area contributed by atoms with E-state index in [9.17, 15) is 8.78 Å². The lowest BCUT2D eigenvalue weighted by Crippen LogP contribution is -1.95. The number of rotatable bonds is 1. The second-order valence-corrected chi connectivity index (χ2v) is 3.52. The van der Waals surface area contributed by atoms with Crippen molar-refractivity contribution in [2.45, 2.75) is 0 Å². The number of nitrogens with two attached hydrogens (primary N) is 1. The Bertz CT molecular complexity index is 615. The summed E-state index contributed by atoms with van der Waals surface area (Å²) >= 11 is 0.